The average Bonchev–Trinajstić information content (AvgIpc) is 2.97. The normalized spacial score (nSPS) is 21.5. The van der Waals surface area contributed by atoms with Gasteiger partial charge in [0, 0.05) is 11.6 Å². The van der Waals surface area contributed by atoms with Gasteiger partial charge in [0.05, 0.1) is 11.6 Å². The summed E-state index contributed by atoms with van der Waals surface area (Å²) in [6, 6.07) is 4.03. The van der Waals surface area contributed by atoms with Crippen molar-refractivity contribution >= 4 is 35.6 Å². The molecule has 2 rings (SSSR count). The summed E-state index contributed by atoms with van der Waals surface area (Å²) in [6.07, 6.45) is 1.51. The van der Waals surface area contributed by atoms with Gasteiger partial charge in [-0.05, 0) is 29.3 Å². The predicted octanol–water partition coefficient (Wildman–Crippen LogP) is 3.32. The minimum atomic E-state index is -0.606. The van der Waals surface area contributed by atoms with Crippen LogP contribution in [0.15, 0.2) is 45.1 Å². The van der Waals surface area contributed by atoms with Crippen LogP contribution in [0, 0.1) is 17.2 Å². The zero-order valence-corrected chi connectivity index (χ0v) is 13.2. The predicted molar refractivity (Wildman–Crippen MR) is 86.4 cm³/mol. The number of carbonyl (C=O) groups excluding carboxylic acids is 1. The average molecular weight is 318 g/mol. The molecule has 0 bridgehead atoms. The first-order valence-corrected chi connectivity index (χ1v) is 7.67. The third kappa shape index (κ3) is 3.09. The highest BCUT2D eigenvalue weighted by atomic mass is 32.1. The van der Waals surface area contributed by atoms with Crippen LogP contribution >= 0.6 is 24.0 Å². The molecule has 1 aromatic rings. The summed E-state index contributed by atoms with van der Waals surface area (Å²) in [5, 5.41) is 13.6. The Morgan fingerprint density at radius 3 is 3.05 bits per heavy atom. The molecule has 6 heteroatoms. The Hall–Kier alpha value is -1.84. The van der Waals surface area contributed by atoms with Crippen LogP contribution in [0.4, 0.5) is 0 Å². The molecule has 108 valence electrons. The van der Waals surface area contributed by atoms with Gasteiger partial charge in [0.1, 0.15) is 17.6 Å². The van der Waals surface area contributed by atoms with Gasteiger partial charge in [-0.1, -0.05) is 12.7 Å². The van der Waals surface area contributed by atoms with Gasteiger partial charge in [-0.15, -0.1) is 12.6 Å². The van der Waals surface area contributed by atoms with Crippen LogP contribution in [-0.2, 0) is 9.53 Å². The lowest BCUT2D eigenvalue weighted by atomic mass is 9.78. The van der Waals surface area contributed by atoms with Crippen molar-refractivity contribution in [3.63, 3.8) is 0 Å². The van der Waals surface area contributed by atoms with Gasteiger partial charge in [-0.2, -0.15) is 16.6 Å². The van der Waals surface area contributed by atoms with Crippen molar-refractivity contribution in [3.8, 4) is 6.07 Å². The second-order valence-corrected chi connectivity index (χ2v) is 5.74. The van der Waals surface area contributed by atoms with Crippen molar-refractivity contribution in [3.05, 3.63) is 45.6 Å². The number of nitrogens with zero attached hydrogens (tertiary/aromatic N) is 2. The molecule has 21 heavy (non-hydrogen) atoms. The topological polar surface area (TPSA) is 62.4 Å². The largest absolute Gasteiger partial charge is 0.461 e. The minimum Gasteiger partial charge on any atom is -0.461 e. The molecule has 0 spiro atoms. The van der Waals surface area contributed by atoms with Gasteiger partial charge in [-0.3, -0.25) is 4.79 Å². The third-order valence-electron chi connectivity index (χ3n) is 3.24. The second kappa shape index (κ2) is 6.74. The molecule has 0 saturated heterocycles. The number of thiol groups is 1. The number of aliphatic imine (C=N–C) groups is 1. The maximum Gasteiger partial charge on any atom is 0.315 e. The highest BCUT2D eigenvalue weighted by molar-refractivity contribution is 7.84. The van der Waals surface area contributed by atoms with E-state index in [1.807, 2.05) is 16.8 Å². The summed E-state index contributed by atoms with van der Waals surface area (Å²) in [4.78, 5) is 16.6. The van der Waals surface area contributed by atoms with Crippen molar-refractivity contribution in [2.75, 3.05) is 6.61 Å². The zero-order valence-electron chi connectivity index (χ0n) is 11.4. The molecule has 4 nitrogen and oxygen atoms in total. The SMILES string of the molecule is C=CCOC(=O)C1C(C)=NC(S)=C(C#N)[C@@H]1c1ccsc1. The Morgan fingerprint density at radius 2 is 2.48 bits per heavy atom. The number of carbonyl (C=O) groups is 1. The van der Waals surface area contributed by atoms with Crippen molar-refractivity contribution in [1.82, 2.24) is 0 Å². The molecule has 0 amide bonds. The Balaban J connectivity index is 2.47. The van der Waals surface area contributed by atoms with Crippen LogP contribution in [0.1, 0.15) is 18.4 Å². The Bertz CT molecular complexity index is 654. The number of nitriles is 1. The first-order chi connectivity index (χ1) is 10.1. The summed E-state index contributed by atoms with van der Waals surface area (Å²) < 4.78 is 5.17. The molecular weight excluding hydrogens is 304 g/mol. The molecule has 1 aliphatic heterocycles. The lowest BCUT2D eigenvalue weighted by molar-refractivity contribution is -0.145. The molecule has 2 heterocycles. The van der Waals surface area contributed by atoms with Crippen LogP contribution in [0.3, 0.4) is 0 Å². The molecule has 0 N–H and O–H groups in total. The number of hydrogen-bond acceptors (Lipinski definition) is 6. The summed E-state index contributed by atoms with van der Waals surface area (Å²) in [5.74, 6) is -1.41. The van der Waals surface area contributed by atoms with Crippen LogP contribution in [0.25, 0.3) is 0 Å². The minimum absolute atomic E-state index is 0.137. The fraction of sp³-hybridized carbons (Fsp3) is 0.267. The molecule has 2 atom stereocenters. The third-order valence-corrected chi connectivity index (χ3v) is 4.28. The lowest BCUT2D eigenvalue weighted by Crippen LogP contribution is -2.33. The highest BCUT2D eigenvalue weighted by Gasteiger charge is 2.39. The van der Waals surface area contributed by atoms with Crippen molar-refractivity contribution < 1.29 is 9.53 Å². The number of esters is 1. The molecule has 1 unspecified atom stereocenters. The van der Waals surface area contributed by atoms with Crippen molar-refractivity contribution in [2.45, 2.75) is 12.8 Å². The first kappa shape index (κ1) is 15.5. The molecule has 0 saturated carbocycles. The standard InChI is InChI=1S/C15H14N2O2S2/c1-3-5-19-15(18)12-9(2)17-14(20)11(7-16)13(12)10-4-6-21-8-10/h3-4,6,8,12-13,20H,1,5H2,2H3/t12?,13-/m0/s1. The van der Waals surface area contributed by atoms with Gasteiger partial charge in [0.15, 0.2) is 0 Å². The first-order valence-electron chi connectivity index (χ1n) is 6.28. The van der Waals surface area contributed by atoms with E-state index in [2.05, 4.69) is 30.3 Å². The van der Waals surface area contributed by atoms with E-state index in [1.54, 1.807) is 6.92 Å². The van der Waals surface area contributed by atoms with Gasteiger partial charge in [0.2, 0.25) is 0 Å². The molecule has 0 aromatic carbocycles. The Kier molecular flexibility index (Phi) is 4.99. The second-order valence-electron chi connectivity index (χ2n) is 4.53. The molecule has 1 aliphatic rings. The molecule has 0 fully saturated rings. The monoisotopic (exact) mass is 318 g/mol. The van der Waals surface area contributed by atoms with E-state index in [1.165, 1.54) is 17.4 Å². The van der Waals surface area contributed by atoms with E-state index < -0.39 is 17.8 Å². The summed E-state index contributed by atoms with van der Waals surface area (Å²) >= 11 is 5.79. The van der Waals surface area contributed by atoms with Gasteiger partial charge < -0.3 is 4.74 Å². The fourth-order valence-electron chi connectivity index (χ4n) is 2.31. The maximum absolute atomic E-state index is 12.3. The summed E-state index contributed by atoms with van der Waals surface area (Å²) in [7, 11) is 0. The van der Waals surface area contributed by atoms with Crippen LogP contribution in [0.2, 0.25) is 0 Å². The molecular formula is C15H14N2O2S2. The Labute approximate surface area is 132 Å². The molecule has 0 aliphatic carbocycles. The van der Waals surface area contributed by atoms with Gasteiger partial charge in [-0.25, -0.2) is 4.99 Å². The van der Waals surface area contributed by atoms with Crippen LogP contribution in [0.5, 0.6) is 0 Å². The van der Waals surface area contributed by atoms with E-state index in [4.69, 9.17) is 4.74 Å². The summed E-state index contributed by atoms with van der Waals surface area (Å²) in [5.41, 5.74) is 1.89. The van der Waals surface area contributed by atoms with E-state index >= 15 is 0 Å². The van der Waals surface area contributed by atoms with Crippen LogP contribution in [-0.4, -0.2) is 18.3 Å². The van der Waals surface area contributed by atoms with E-state index in [0.717, 1.165) is 5.56 Å². The van der Waals surface area contributed by atoms with E-state index in [9.17, 15) is 10.1 Å². The highest BCUT2D eigenvalue weighted by Crippen LogP contribution is 2.40. The van der Waals surface area contributed by atoms with Gasteiger partial charge in [0.25, 0.3) is 0 Å². The van der Waals surface area contributed by atoms with E-state index in [-0.39, 0.29) is 6.61 Å². The lowest BCUT2D eigenvalue weighted by Gasteiger charge is -2.28. The maximum atomic E-state index is 12.3. The smallest absolute Gasteiger partial charge is 0.315 e. The zero-order chi connectivity index (χ0) is 15.4. The number of rotatable bonds is 4. The summed E-state index contributed by atoms with van der Waals surface area (Å²) in [6.45, 7) is 5.42. The molecule has 0 radical (unpaired) electrons. The molecule has 1 aromatic heterocycles. The van der Waals surface area contributed by atoms with Crippen LogP contribution < -0.4 is 0 Å². The number of hydrogen-bond donors (Lipinski definition) is 1. The van der Waals surface area contributed by atoms with E-state index in [0.29, 0.717) is 16.3 Å². The Morgan fingerprint density at radius 1 is 1.71 bits per heavy atom. The van der Waals surface area contributed by atoms with Crippen molar-refractivity contribution in [1.29, 1.82) is 5.26 Å². The number of ether oxygens (including phenoxy) is 1. The fourth-order valence-corrected chi connectivity index (χ4v) is 3.36. The van der Waals surface area contributed by atoms with Gasteiger partial charge >= 0.3 is 5.97 Å². The number of thiophene rings is 1. The van der Waals surface area contributed by atoms with Crippen molar-refractivity contribution in [2.24, 2.45) is 10.9 Å². The number of allylic oxidation sites excluding steroid dienone is 1. The quantitative estimate of drug-likeness (QED) is 0.526.